The maximum absolute atomic E-state index is 11.3. The van der Waals surface area contributed by atoms with Gasteiger partial charge in [-0.25, -0.2) is 9.78 Å². The van der Waals surface area contributed by atoms with Gasteiger partial charge in [-0.3, -0.25) is 0 Å². The first-order chi connectivity index (χ1) is 16.4. The van der Waals surface area contributed by atoms with Crippen LogP contribution in [0.25, 0.3) is 11.1 Å². The summed E-state index contributed by atoms with van der Waals surface area (Å²) < 4.78 is 17.8. The highest BCUT2D eigenvalue weighted by Gasteiger charge is 2.29. The number of hydrogen-bond acceptors (Lipinski definition) is 6. The first-order valence-corrected chi connectivity index (χ1v) is 11.2. The molecule has 0 bridgehead atoms. The van der Waals surface area contributed by atoms with E-state index in [0.29, 0.717) is 31.2 Å². The Morgan fingerprint density at radius 3 is 2.53 bits per heavy atom. The number of carbonyl (C=O) groups is 1. The molecule has 2 N–H and O–H groups in total. The zero-order valence-corrected chi connectivity index (χ0v) is 19.2. The summed E-state index contributed by atoms with van der Waals surface area (Å²) in [5.74, 6) is 0.793. The van der Waals surface area contributed by atoms with Crippen molar-refractivity contribution in [3.05, 3.63) is 90.3 Å². The minimum Gasteiger partial charge on any atom is -0.481 e. The van der Waals surface area contributed by atoms with Gasteiger partial charge >= 0.3 is 5.97 Å². The van der Waals surface area contributed by atoms with Gasteiger partial charge in [0.15, 0.2) is 17.3 Å². The molecule has 0 fully saturated rings. The highest BCUT2D eigenvalue weighted by Crippen LogP contribution is 2.27. The van der Waals surface area contributed by atoms with Gasteiger partial charge in [0.2, 0.25) is 5.89 Å². The summed E-state index contributed by atoms with van der Waals surface area (Å²) in [6, 6.07) is 24.7. The quantitative estimate of drug-likeness (QED) is 0.291. The molecule has 0 aliphatic carbocycles. The lowest BCUT2D eigenvalue weighted by molar-refractivity contribution is -0.152. The second-order valence-electron chi connectivity index (χ2n) is 8.47. The Labute approximate surface area is 198 Å². The Hall–Kier alpha value is -3.84. The molecular formula is C27H28N2O5. The Morgan fingerprint density at radius 2 is 1.76 bits per heavy atom. The summed E-state index contributed by atoms with van der Waals surface area (Å²) >= 11 is 0. The van der Waals surface area contributed by atoms with Gasteiger partial charge in [0, 0.05) is 13.0 Å². The van der Waals surface area contributed by atoms with Crippen LogP contribution < -0.4 is 14.8 Å². The minimum atomic E-state index is -1.30. The van der Waals surface area contributed by atoms with E-state index >= 15 is 0 Å². The minimum absolute atomic E-state index is 0.353. The number of benzene rings is 3. The normalized spacial score (nSPS) is 12.4. The molecule has 0 saturated heterocycles. The molecule has 1 heterocycles. The molecule has 176 valence electrons. The van der Waals surface area contributed by atoms with Crippen molar-refractivity contribution >= 4 is 17.1 Å². The molecule has 0 radical (unpaired) electrons. The average molecular weight is 461 g/mol. The highest BCUT2D eigenvalue weighted by molar-refractivity contribution is 5.76. The summed E-state index contributed by atoms with van der Waals surface area (Å²) in [6.45, 7) is 4.30. The van der Waals surface area contributed by atoms with E-state index in [4.69, 9.17) is 13.9 Å². The average Bonchev–Trinajstić information content (AvgIpc) is 3.26. The standard InChI is InChI=1S/C27H28N2O5/c1-27(2,26(30)31)34-21-12-8-9-19(17-21)18-28-16-15-24(32-20-10-4-3-5-11-20)25-29-22-13-6-7-14-23(22)33-25/h3-14,17,24,28H,15-16,18H2,1-2H3,(H,30,31). The highest BCUT2D eigenvalue weighted by atomic mass is 16.5. The maximum Gasteiger partial charge on any atom is 0.347 e. The zero-order chi connectivity index (χ0) is 24.0. The molecule has 0 saturated carbocycles. The van der Waals surface area contributed by atoms with E-state index < -0.39 is 11.6 Å². The summed E-state index contributed by atoms with van der Waals surface area (Å²) in [4.78, 5) is 16.0. The molecule has 34 heavy (non-hydrogen) atoms. The van der Waals surface area contributed by atoms with E-state index in [-0.39, 0.29) is 6.10 Å². The molecule has 3 aromatic carbocycles. The van der Waals surface area contributed by atoms with Crippen molar-refractivity contribution < 1.29 is 23.8 Å². The van der Waals surface area contributed by atoms with Crippen molar-refractivity contribution in [3.63, 3.8) is 0 Å². The third kappa shape index (κ3) is 5.94. The van der Waals surface area contributed by atoms with Crippen LogP contribution in [0, 0.1) is 0 Å². The maximum atomic E-state index is 11.3. The van der Waals surface area contributed by atoms with Crippen molar-refractivity contribution in [1.29, 1.82) is 0 Å². The molecule has 7 heteroatoms. The SMILES string of the molecule is CC(C)(Oc1cccc(CNCCC(Oc2ccccc2)c2nc3ccccc3o2)c1)C(=O)O. The number of aromatic nitrogens is 1. The van der Waals surface area contributed by atoms with E-state index in [1.54, 1.807) is 6.07 Å². The molecule has 7 nitrogen and oxygen atoms in total. The number of nitrogens with one attached hydrogen (secondary N) is 1. The lowest BCUT2D eigenvalue weighted by atomic mass is 10.1. The summed E-state index contributed by atoms with van der Waals surface area (Å²) in [5.41, 5.74) is 1.22. The number of para-hydroxylation sites is 3. The van der Waals surface area contributed by atoms with Crippen LogP contribution in [-0.4, -0.2) is 28.2 Å². The molecule has 1 aromatic heterocycles. The number of ether oxygens (including phenoxy) is 2. The van der Waals surface area contributed by atoms with Gasteiger partial charge < -0.3 is 24.3 Å². The van der Waals surface area contributed by atoms with Crippen LogP contribution in [0.15, 0.2) is 83.3 Å². The van der Waals surface area contributed by atoms with Gasteiger partial charge in [-0.1, -0.05) is 42.5 Å². The Balaban J connectivity index is 1.39. The second-order valence-corrected chi connectivity index (χ2v) is 8.47. The molecule has 1 unspecified atom stereocenters. The van der Waals surface area contributed by atoms with Gasteiger partial charge in [-0.05, 0) is 62.4 Å². The lowest BCUT2D eigenvalue weighted by Crippen LogP contribution is -2.37. The first-order valence-electron chi connectivity index (χ1n) is 11.2. The molecule has 4 aromatic rings. The number of oxazole rings is 1. The van der Waals surface area contributed by atoms with Crippen LogP contribution in [0.4, 0.5) is 0 Å². The smallest absolute Gasteiger partial charge is 0.347 e. The van der Waals surface area contributed by atoms with Crippen LogP contribution in [0.5, 0.6) is 11.5 Å². The van der Waals surface area contributed by atoms with Crippen LogP contribution in [0.1, 0.15) is 37.8 Å². The Morgan fingerprint density at radius 1 is 1.03 bits per heavy atom. The monoisotopic (exact) mass is 460 g/mol. The van der Waals surface area contributed by atoms with Gasteiger partial charge in [0.1, 0.15) is 17.0 Å². The Kier molecular flexibility index (Phi) is 7.13. The fourth-order valence-corrected chi connectivity index (χ4v) is 3.45. The predicted octanol–water partition coefficient (Wildman–Crippen LogP) is 5.37. The predicted molar refractivity (Wildman–Crippen MR) is 129 cm³/mol. The fraction of sp³-hybridized carbons (Fsp3) is 0.259. The van der Waals surface area contributed by atoms with Crippen molar-refractivity contribution in [2.75, 3.05) is 6.54 Å². The van der Waals surface area contributed by atoms with Crippen molar-refractivity contribution in [2.45, 2.75) is 38.5 Å². The number of fused-ring (bicyclic) bond motifs is 1. The fourth-order valence-electron chi connectivity index (χ4n) is 3.45. The largest absolute Gasteiger partial charge is 0.481 e. The van der Waals surface area contributed by atoms with Crippen LogP contribution in [-0.2, 0) is 11.3 Å². The number of rotatable bonds is 11. The Bertz CT molecular complexity index is 1200. The van der Waals surface area contributed by atoms with Gasteiger partial charge in [0.05, 0.1) is 0 Å². The third-order valence-electron chi connectivity index (χ3n) is 5.31. The number of nitrogens with zero attached hydrogens (tertiary/aromatic N) is 1. The topological polar surface area (TPSA) is 93.8 Å². The summed E-state index contributed by atoms with van der Waals surface area (Å²) in [5, 5.41) is 12.7. The number of carboxylic acid groups (broad SMARTS) is 1. The molecule has 0 amide bonds. The molecule has 4 rings (SSSR count). The molecule has 0 aliphatic heterocycles. The van der Waals surface area contributed by atoms with Crippen molar-refractivity contribution in [2.24, 2.45) is 0 Å². The third-order valence-corrected chi connectivity index (χ3v) is 5.31. The van der Waals surface area contributed by atoms with Gasteiger partial charge in [-0.2, -0.15) is 0 Å². The molecule has 0 spiro atoms. The summed E-state index contributed by atoms with van der Waals surface area (Å²) in [6.07, 6.45) is 0.289. The van der Waals surface area contributed by atoms with E-state index in [2.05, 4.69) is 10.3 Å². The van der Waals surface area contributed by atoms with Crippen LogP contribution in [0.2, 0.25) is 0 Å². The molecular weight excluding hydrogens is 432 g/mol. The van der Waals surface area contributed by atoms with Crippen molar-refractivity contribution in [3.8, 4) is 11.5 Å². The van der Waals surface area contributed by atoms with Gasteiger partial charge in [0.25, 0.3) is 0 Å². The number of hydrogen-bond donors (Lipinski definition) is 2. The van der Waals surface area contributed by atoms with E-state index in [1.807, 2.05) is 72.8 Å². The van der Waals surface area contributed by atoms with Crippen LogP contribution in [0.3, 0.4) is 0 Å². The lowest BCUT2D eigenvalue weighted by Gasteiger charge is -2.22. The summed E-state index contributed by atoms with van der Waals surface area (Å²) in [7, 11) is 0. The van der Waals surface area contributed by atoms with E-state index in [1.165, 1.54) is 13.8 Å². The first kappa shape index (κ1) is 23.3. The van der Waals surface area contributed by atoms with E-state index in [9.17, 15) is 9.90 Å². The second kappa shape index (κ2) is 10.4. The molecule has 0 aliphatic rings. The number of carboxylic acids is 1. The number of aliphatic carboxylic acids is 1. The van der Waals surface area contributed by atoms with Crippen LogP contribution >= 0.6 is 0 Å². The van der Waals surface area contributed by atoms with Crippen molar-refractivity contribution in [1.82, 2.24) is 10.3 Å². The zero-order valence-electron chi connectivity index (χ0n) is 19.2. The molecule has 1 atom stereocenters. The van der Waals surface area contributed by atoms with Gasteiger partial charge in [-0.15, -0.1) is 0 Å². The van der Waals surface area contributed by atoms with E-state index in [0.717, 1.165) is 22.4 Å².